The predicted octanol–water partition coefficient (Wildman–Crippen LogP) is 3.96. The first kappa shape index (κ1) is 16.5. The van der Waals surface area contributed by atoms with E-state index in [-0.39, 0.29) is 0 Å². The molecule has 1 unspecified atom stereocenters. The van der Waals surface area contributed by atoms with Crippen LogP contribution in [0.15, 0.2) is 28.7 Å². The first-order valence-electron chi connectivity index (χ1n) is 7.69. The minimum Gasteiger partial charge on any atom is -0.481 e. The molecule has 1 fully saturated rings. The van der Waals surface area contributed by atoms with E-state index in [1.54, 1.807) is 0 Å². The average Bonchev–Trinajstić information content (AvgIpc) is 2.49. The van der Waals surface area contributed by atoms with Crippen molar-refractivity contribution in [2.24, 2.45) is 5.41 Å². The molecule has 116 valence electrons. The molecule has 21 heavy (non-hydrogen) atoms. The molecule has 0 radical (unpaired) electrons. The van der Waals surface area contributed by atoms with Gasteiger partial charge in [-0.3, -0.25) is 4.79 Å². The lowest BCUT2D eigenvalue weighted by atomic mass is 9.76. The zero-order chi connectivity index (χ0) is 15.5. The summed E-state index contributed by atoms with van der Waals surface area (Å²) in [6.07, 6.45) is 3.28. The van der Waals surface area contributed by atoms with Crippen molar-refractivity contribution in [1.29, 1.82) is 0 Å². The zero-order valence-electron chi connectivity index (χ0n) is 12.8. The molecule has 0 aromatic heterocycles. The molecule has 4 heteroatoms. The van der Waals surface area contributed by atoms with Crippen LogP contribution in [0.3, 0.4) is 0 Å². The number of aliphatic carboxylic acids is 1. The Balaban J connectivity index is 1.92. The van der Waals surface area contributed by atoms with Crippen LogP contribution < -0.4 is 0 Å². The third-order valence-electron chi connectivity index (χ3n) is 4.95. The second kappa shape index (κ2) is 6.93. The van der Waals surface area contributed by atoms with Crippen molar-refractivity contribution < 1.29 is 9.90 Å². The van der Waals surface area contributed by atoms with Gasteiger partial charge in [0.25, 0.3) is 0 Å². The normalized spacial score (nSPS) is 20.1. The predicted molar refractivity (Wildman–Crippen MR) is 88.5 cm³/mol. The van der Waals surface area contributed by atoms with Crippen molar-refractivity contribution in [3.05, 3.63) is 34.3 Å². The van der Waals surface area contributed by atoms with Gasteiger partial charge in [-0.05, 0) is 63.4 Å². The van der Waals surface area contributed by atoms with E-state index in [2.05, 4.69) is 52.0 Å². The lowest BCUT2D eigenvalue weighted by Crippen LogP contribution is -2.47. The van der Waals surface area contributed by atoms with E-state index in [0.717, 1.165) is 43.2 Å². The van der Waals surface area contributed by atoms with Crippen LogP contribution in [0.4, 0.5) is 0 Å². The summed E-state index contributed by atoms with van der Waals surface area (Å²) in [6, 6.07) is 8.90. The molecule has 1 heterocycles. The van der Waals surface area contributed by atoms with Crippen LogP contribution >= 0.6 is 15.9 Å². The van der Waals surface area contributed by atoms with E-state index >= 15 is 0 Å². The van der Waals surface area contributed by atoms with E-state index in [4.69, 9.17) is 0 Å². The van der Waals surface area contributed by atoms with Gasteiger partial charge in [-0.15, -0.1) is 0 Å². The Kier molecular flexibility index (Phi) is 5.44. The number of benzene rings is 1. The summed E-state index contributed by atoms with van der Waals surface area (Å²) in [7, 11) is 0. The molecular formula is C17H24BrNO2. The highest BCUT2D eigenvalue weighted by atomic mass is 79.9. The fraction of sp³-hybridized carbons (Fsp3) is 0.588. The van der Waals surface area contributed by atoms with Gasteiger partial charge in [-0.2, -0.15) is 0 Å². The molecule has 1 saturated heterocycles. The molecule has 0 saturated carbocycles. The lowest BCUT2D eigenvalue weighted by molar-refractivity contribution is -0.152. The Morgan fingerprint density at radius 2 is 1.90 bits per heavy atom. The monoisotopic (exact) mass is 353 g/mol. The number of carbonyl (C=O) groups is 1. The highest BCUT2D eigenvalue weighted by molar-refractivity contribution is 9.10. The maximum Gasteiger partial charge on any atom is 0.309 e. The number of nitrogens with zero attached hydrogens (tertiary/aromatic N) is 1. The summed E-state index contributed by atoms with van der Waals surface area (Å²) in [4.78, 5) is 13.9. The van der Waals surface area contributed by atoms with Crippen molar-refractivity contribution in [3.8, 4) is 0 Å². The number of hydrogen-bond acceptors (Lipinski definition) is 2. The Labute approximate surface area is 135 Å². The molecule has 0 spiro atoms. The van der Waals surface area contributed by atoms with Gasteiger partial charge in [0.1, 0.15) is 0 Å². The highest BCUT2D eigenvalue weighted by Gasteiger charge is 2.40. The van der Waals surface area contributed by atoms with Crippen LogP contribution in [-0.2, 0) is 11.2 Å². The topological polar surface area (TPSA) is 40.5 Å². The molecule has 2 rings (SSSR count). The summed E-state index contributed by atoms with van der Waals surface area (Å²) < 4.78 is 1.10. The number of piperidine rings is 1. The van der Waals surface area contributed by atoms with Crippen LogP contribution in [0, 0.1) is 5.41 Å². The minimum absolute atomic E-state index is 0.454. The quantitative estimate of drug-likeness (QED) is 0.870. The summed E-state index contributed by atoms with van der Waals surface area (Å²) in [5.41, 5.74) is 0.838. The summed E-state index contributed by atoms with van der Waals surface area (Å²) in [5.74, 6) is -0.620. The van der Waals surface area contributed by atoms with Crippen LogP contribution in [0.25, 0.3) is 0 Å². The van der Waals surface area contributed by atoms with Gasteiger partial charge in [-0.1, -0.05) is 35.0 Å². The molecule has 1 aromatic rings. The minimum atomic E-state index is -0.620. The van der Waals surface area contributed by atoms with Crippen molar-refractivity contribution in [1.82, 2.24) is 4.90 Å². The number of rotatable bonds is 5. The van der Waals surface area contributed by atoms with E-state index in [1.165, 1.54) is 5.56 Å². The zero-order valence-corrected chi connectivity index (χ0v) is 14.4. The molecule has 0 bridgehead atoms. The second-order valence-electron chi connectivity index (χ2n) is 6.15. The molecule has 1 aliphatic heterocycles. The third-order valence-corrected chi connectivity index (χ3v) is 5.48. The number of hydrogen-bond donors (Lipinski definition) is 1. The van der Waals surface area contributed by atoms with Crippen molar-refractivity contribution in [2.45, 2.75) is 45.6 Å². The van der Waals surface area contributed by atoms with E-state index in [0.29, 0.717) is 6.04 Å². The first-order chi connectivity index (χ1) is 9.97. The highest BCUT2D eigenvalue weighted by Crippen LogP contribution is 2.35. The number of carboxylic acids is 1. The lowest BCUT2D eigenvalue weighted by Gasteiger charge is -2.41. The summed E-state index contributed by atoms with van der Waals surface area (Å²) >= 11 is 3.46. The third kappa shape index (κ3) is 3.86. The smallest absolute Gasteiger partial charge is 0.309 e. The fourth-order valence-corrected chi connectivity index (χ4v) is 3.47. The van der Waals surface area contributed by atoms with Crippen molar-refractivity contribution >= 4 is 21.9 Å². The standard InChI is InChI=1S/C17H24BrNO2/c1-3-17(16(20)21)8-10-19(11-9-17)13(2)12-14-4-6-15(18)7-5-14/h4-7,13H,3,8-12H2,1-2H3,(H,20,21). The van der Waals surface area contributed by atoms with Gasteiger partial charge >= 0.3 is 5.97 Å². The second-order valence-corrected chi connectivity index (χ2v) is 7.07. The summed E-state index contributed by atoms with van der Waals surface area (Å²) in [5, 5.41) is 9.45. The Morgan fingerprint density at radius 1 is 1.33 bits per heavy atom. The molecule has 1 aliphatic rings. The van der Waals surface area contributed by atoms with Crippen molar-refractivity contribution in [3.63, 3.8) is 0 Å². The molecule has 0 amide bonds. The Hall–Kier alpha value is -0.870. The fourth-order valence-electron chi connectivity index (χ4n) is 3.20. The maximum atomic E-state index is 11.5. The Bertz CT molecular complexity index is 478. The van der Waals surface area contributed by atoms with Gasteiger partial charge in [0.15, 0.2) is 0 Å². The molecule has 1 atom stereocenters. The molecule has 0 aliphatic carbocycles. The number of carboxylic acid groups (broad SMARTS) is 1. The van der Waals surface area contributed by atoms with E-state index in [1.807, 2.05) is 6.92 Å². The average molecular weight is 354 g/mol. The van der Waals surface area contributed by atoms with Gasteiger partial charge in [0, 0.05) is 10.5 Å². The summed E-state index contributed by atoms with van der Waals surface area (Å²) in [6.45, 7) is 6.01. The van der Waals surface area contributed by atoms with Gasteiger partial charge in [-0.25, -0.2) is 0 Å². The van der Waals surface area contributed by atoms with Crippen LogP contribution in [0.1, 0.15) is 38.7 Å². The molecular weight excluding hydrogens is 330 g/mol. The van der Waals surface area contributed by atoms with E-state index < -0.39 is 11.4 Å². The SMILES string of the molecule is CCC1(C(=O)O)CCN(C(C)Cc2ccc(Br)cc2)CC1. The van der Waals surface area contributed by atoms with Crippen LogP contribution in [-0.4, -0.2) is 35.1 Å². The number of halogens is 1. The van der Waals surface area contributed by atoms with E-state index in [9.17, 15) is 9.90 Å². The first-order valence-corrected chi connectivity index (χ1v) is 8.48. The molecule has 1 N–H and O–H groups in total. The van der Waals surface area contributed by atoms with Crippen LogP contribution in [0.5, 0.6) is 0 Å². The Morgan fingerprint density at radius 3 is 2.38 bits per heavy atom. The van der Waals surface area contributed by atoms with Gasteiger partial charge < -0.3 is 10.0 Å². The largest absolute Gasteiger partial charge is 0.481 e. The molecule has 1 aromatic carbocycles. The molecule has 3 nitrogen and oxygen atoms in total. The van der Waals surface area contributed by atoms with Crippen molar-refractivity contribution in [2.75, 3.05) is 13.1 Å². The maximum absolute atomic E-state index is 11.5. The number of likely N-dealkylation sites (tertiary alicyclic amines) is 1. The van der Waals surface area contributed by atoms with Crippen LogP contribution in [0.2, 0.25) is 0 Å². The van der Waals surface area contributed by atoms with Gasteiger partial charge in [0.05, 0.1) is 5.41 Å². The van der Waals surface area contributed by atoms with Gasteiger partial charge in [0.2, 0.25) is 0 Å².